The Bertz CT molecular complexity index is 626. The van der Waals surface area contributed by atoms with Gasteiger partial charge in [0.15, 0.2) is 5.96 Å². The van der Waals surface area contributed by atoms with Crippen molar-refractivity contribution in [3.63, 3.8) is 0 Å². The zero-order valence-corrected chi connectivity index (χ0v) is 13.0. The van der Waals surface area contributed by atoms with E-state index in [0.29, 0.717) is 18.4 Å². The minimum absolute atomic E-state index is 0.433. The largest absolute Gasteiger partial charge is 0.370 e. The number of anilines is 1. The van der Waals surface area contributed by atoms with Crippen LogP contribution in [0.5, 0.6) is 0 Å². The Labute approximate surface area is 129 Å². The Morgan fingerprint density at radius 1 is 1.38 bits per heavy atom. The van der Waals surface area contributed by atoms with Crippen LogP contribution in [0, 0.1) is 0 Å². The molecule has 110 valence electrons. The molecular formula is C16H20N4S. The highest BCUT2D eigenvalue weighted by Gasteiger charge is 2.25. The van der Waals surface area contributed by atoms with Gasteiger partial charge in [0.25, 0.3) is 0 Å². The van der Waals surface area contributed by atoms with Crippen LogP contribution in [0.1, 0.15) is 41.9 Å². The van der Waals surface area contributed by atoms with Gasteiger partial charge in [0.1, 0.15) is 5.01 Å². The van der Waals surface area contributed by atoms with Gasteiger partial charge < -0.3 is 11.1 Å². The average Bonchev–Trinajstić information content (AvgIpc) is 3.25. The standard InChI is InChI=1S/C16H20N4S/c1-2-11-3-7-13(8-4-11)19-16(17)18-9-15-20-14(10-21-15)12-5-6-12/h3-4,7-8,10,12H,2,5-6,9H2,1H3,(H3,17,18,19). The molecular weight excluding hydrogens is 280 g/mol. The minimum atomic E-state index is 0.433. The first-order chi connectivity index (χ1) is 10.2. The van der Waals surface area contributed by atoms with Gasteiger partial charge in [-0.25, -0.2) is 9.98 Å². The molecule has 0 atom stereocenters. The van der Waals surface area contributed by atoms with Gasteiger partial charge in [-0.1, -0.05) is 19.1 Å². The highest BCUT2D eigenvalue weighted by molar-refractivity contribution is 7.09. The summed E-state index contributed by atoms with van der Waals surface area (Å²) >= 11 is 1.67. The molecule has 5 heteroatoms. The lowest BCUT2D eigenvalue weighted by molar-refractivity contribution is 0.970. The zero-order chi connectivity index (χ0) is 14.7. The number of benzene rings is 1. The second-order valence-electron chi connectivity index (χ2n) is 5.32. The molecule has 0 spiro atoms. The van der Waals surface area contributed by atoms with Crippen LogP contribution in [0.3, 0.4) is 0 Å². The molecule has 0 amide bonds. The maximum Gasteiger partial charge on any atom is 0.193 e. The number of aryl methyl sites for hydroxylation is 1. The second kappa shape index (κ2) is 6.26. The van der Waals surface area contributed by atoms with Crippen molar-refractivity contribution in [2.75, 3.05) is 5.32 Å². The molecule has 1 aromatic heterocycles. The number of guanidine groups is 1. The number of aliphatic imine (C=N–C) groups is 1. The van der Waals surface area contributed by atoms with Gasteiger partial charge in [-0.2, -0.15) is 0 Å². The number of nitrogens with one attached hydrogen (secondary N) is 1. The monoisotopic (exact) mass is 300 g/mol. The van der Waals surface area contributed by atoms with Gasteiger partial charge in [-0.3, -0.25) is 0 Å². The number of nitrogens with zero attached hydrogens (tertiary/aromatic N) is 2. The molecule has 0 unspecified atom stereocenters. The topological polar surface area (TPSA) is 63.3 Å². The third kappa shape index (κ3) is 3.82. The summed E-state index contributed by atoms with van der Waals surface area (Å²) in [5, 5.41) is 6.29. The minimum Gasteiger partial charge on any atom is -0.370 e. The number of nitrogens with two attached hydrogens (primary N) is 1. The average molecular weight is 300 g/mol. The van der Waals surface area contributed by atoms with Crippen LogP contribution >= 0.6 is 11.3 Å². The van der Waals surface area contributed by atoms with Gasteiger partial charge >= 0.3 is 0 Å². The summed E-state index contributed by atoms with van der Waals surface area (Å²) in [4.78, 5) is 8.96. The van der Waals surface area contributed by atoms with Crippen LogP contribution in [-0.2, 0) is 13.0 Å². The van der Waals surface area contributed by atoms with Crippen molar-refractivity contribution in [2.24, 2.45) is 10.7 Å². The second-order valence-corrected chi connectivity index (χ2v) is 6.26. The molecule has 0 radical (unpaired) electrons. The predicted molar refractivity (Wildman–Crippen MR) is 88.9 cm³/mol. The molecule has 1 fully saturated rings. The lowest BCUT2D eigenvalue weighted by Crippen LogP contribution is -2.22. The Morgan fingerprint density at radius 2 is 2.14 bits per heavy atom. The zero-order valence-electron chi connectivity index (χ0n) is 12.2. The summed E-state index contributed by atoms with van der Waals surface area (Å²) in [5.41, 5.74) is 9.42. The smallest absolute Gasteiger partial charge is 0.193 e. The summed E-state index contributed by atoms with van der Waals surface area (Å²) in [6.45, 7) is 2.69. The number of hydrogen-bond donors (Lipinski definition) is 2. The van der Waals surface area contributed by atoms with E-state index in [2.05, 4.69) is 39.7 Å². The number of rotatable bonds is 5. The summed E-state index contributed by atoms with van der Waals surface area (Å²) in [6, 6.07) is 8.24. The highest BCUT2D eigenvalue weighted by atomic mass is 32.1. The lowest BCUT2D eigenvalue weighted by atomic mass is 10.1. The van der Waals surface area contributed by atoms with Crippen molar-refractivity contribution in [3.8, 4) is 0 Å². The number of hydrogen-bond acceptors (Lipinski definition) is 3. The van der Waals surface area contributed by atoms with Crippen LogP contribution in [0.4, 0.5) is 5.69 Å². The maximum absolute atomic E-state index is 5.92. The summed E-state index contributed by atoms with van der Waals surface area (Å²) in [6.07, 6.45) is 3.60. The molecule has 0 saturated heterocycles. The van der Waals surface area contributed by atoms with E-state index in [4.69, 9.17) is 5.73 Å². The SMILES string of the molecule is CCc1ccc(NC(N)=NCc2nc(C3CC3)cs2)cc1. The Hall–Kier alpha value is -1.88. The Kier molecular flexibility index (Phi) is 4.20. The first-order valence-electron chi connectivity index (χ1n) is 7.34. The van der Waals surface area contributed by atoms with E-state index >= 15 is 0 Å². The molecule has 4 nitrogen and oxygen atoms in total. The normalized spacial score (nSPS) is 15.2. The van der Waals surface area contributed by atoms with Crippen LogP contribution in [0.15, 0.2) is 34.6 Å². The molecule has 1 aliphatic carbocycles. The first-order valence-corrected chi connectivity index (χ1v) is 8.22. The predicted octanol–water partition coefficient (Wildman–Crippen LogP) is 3.51. The Morgan fingerprint density at radius 3 is 2.81 bits per heavy atom. The van der Waals surface area contributed by atoms with Crippen LogP contribution in [0.25, 0.3) is 0 Å². The van der Waals surface area contributed by atoms with Crippen LogP contribution in [-0.4, -0.2) is 10.9 Å². The van der Waals surface area contributed by atoms with Gasteiger partial charge in [-0.15, -0.1) is 11.3 Å². The van der Waals surface area contributed by atoms with Gasteiger partial charge in [0, 0.05) is 17.0 Å². The quantitative estimate of drug-likeness (QED) is 0.656. The van der Waals surface area contributed by atoms with E-state index in [1.165, 1.54) is 24.1 Å². The summed E-state index contributed by atoms with van der Waals surface area (Å²) in [7, 11) is 0. The molecule has 21 heavy (non-hydrogen) atoms. The molecule has 1 aliphatic rings. The van der Waals surface area contributed by atoms with Crippen molar-refractivity contribution in [3.05, 3.63) is 45.9 Å². The fourth-order valence-corrected chi connectivity index (χ4v) is 2.93. The summed E-state index contributed by atoms with van der Waals surface area (Å²) in [5.74, 6) is 1.13. The van der Waals surface area contributed by atoms with Crippen LogP contribution in [0.2, 0.25) is 0 Å². The van der Waals surface area contributed by atoms with Gasteiger partial charge in [-0.05, 0) is 37.0 Å². The van der Waals surface area contributed by atoms with E-state index in [9.17, 15) is 0 Å². The molecule has 1 aromatic carbocycles. The fraction of sp³-hybridized carbons (Fsp3) is 0.375. The van der Waals surface area contributed by atoms with Crippen molar-refractivity contribution in [1.82, 2.24) is 4.98 Å². The molecule has 1 saturated carbocycles. The molecule has 3 N–H and O–H groups in total. The van der Waals surface area contributed by atoms with Crippen molar-refractivity contribution >= 4 is 23.0 Å². The van der Waals surface area contributed by atoms with E-state index < -0.39 is 0 Å². The van der Waals surface area contributed by atoms with Gasteiger partial charge in [0.05, 0.1) is 12.2 Å². The third-order valence-electron chi connectivity index (χ3n) is 3.58. The molecule has 0 bridgehead atoms. The van der Waals surface area contributed by atoms with Gasteiger partial charge in [0.2, 0.25) is 0 Å². The number of thiazole rings is 1. The maximum atomic E-state index is 5.92. The third-order valence-corrected chi connectivity index (χ3v) is 4.44. The molecule has 1 heterocycles. The fourth-order valence-electron chi connectivity index (χ4n) is 2.13. The molecule has 3 rings (SSSR count). The van der Waals surface area contributed by atoms with Crippen LogP contribution < -0.4 is 11.1 Å². The highest BCUT2D eigenvalue weighted by Crippen LogP contribution is 2.40. The van der Waals surface area contributed by atoms with Crippen molar-refractivity contribution in [2.45, 2.75) is 38.6 Å². The van der Waals surface area contributed by atoms with E-state index in [1.807, 2.05) is 12.1 Å². The van der Waals surface area contributed by atoms with E-state index in [0.717, 1.165) is 17.1 Å². The van der Waals surface area contributed by atoms with E-state index in [-0.39, 0.29) is 0 Å². The number of aromatic nitrogens is 1. The Balaban J connectivity index is 1.56. The lowest BCUT2D eigenvalue weighted by Gasteiger charge is -2.05. The van der Waals surface area contributed by atoms with E-state index in [1.54, 1.807) is 11.3 Å². The molecule has 0 aliphatic heterocycles. The summed E-state index contributed by atoms with van der Waals surface area (Å²) < 4.78 is 0. The first kappa shape index (κ1) is 14.1. The van der Waals surface area contributed by atoms with Crippen molar-refractivity contribution < 1.29 is 0 Å². The molecule has 2 aromatic rings. The van der Waals surface area contributed by atoms with Crippen molar-refractivity contribution in [1.29, 1.82) is 0 Å².